The van der Waals surface area contributed by atoms with Gasteiger partial charge >= 0.3 is 0 Å². The topological polar surface area (TPSA) is 3.24 Å². The lowest BCUT2D eigenvalue weighted by Gasteiger charge is -2.08. The van der Waals surface area contributed by atoms with Crippen LogP contribution < -0.4 is 0 Å². The first-order chi connectivity index (χ1) is 6.79. The largest absolute Gasteiger partial charge is 0.309 e. The summed E-state index contributed by atoms with van der Waals surface area (Å²) in [6.45, 7) is 1.21. The lowest BCUT2D eigenvalue weighted by Crippen LogP contribution is -2.12. The van der Waals surface area contributed by atoms with Gasteiger partial charge in [0.05, 0.1) is 0 Å². The molecule has 1 aromatic rings. The van der Waals surface area contributed by atoms with Crippen LogP contribution in [0.2, 0.25) is 0 Å². The third-order valence-electron chi connectivity index (χ3n) is 2.36. The molecule has 0 bridgehead atoms. The highest BCUT2D eigenvalue weighted by atomic mass is 15.0. The van der Waals surface area contributed by atoms with Gasteiger partial charge in [0, 0.05) is 0 Å². The number of nitrogens with zero attached hydrogens (tertiary/aromatic N) is 1. The van der Waals surface area contributed by atoms with Crippen LogP contribution in [-0.2, 0) is 6.42 Å². The van der Waals surface area contributed by atoms with Crippen molar-refractivity contribution in [3.63, 3.8) is 0 Å². The number of benzene rings is 1. The Morgan fingerprint density at radius 3 is 2.43 bits per heavy atom. The van der Waals surface area contributed by atoms with Gasteiger partial charge in [0.1, 0.15) is 0 Å². The van der Waals surface area contributed by atoms with Crippen LogP contribution in [0.4, 0.5) is 0 Å². The van der Waals surface area contributed by atoms with E-state index < -0.39 is 0 Å². The van der Waals surface area contributed by atoms with E-state index >= 15 is 0 Å². The smallest absolute Gasteiger partial charge is 0.00248 e. The predicted molar refractivity (Wildman–Crippen MR) is 61.4 cm³/mol. The highest BCUT2D eigenvalue weighted by molar-refractivity contribution is 5.13. The van der Waals surface area contributed by atoms with Gasteiger partial charge in [-0.05, 0) is 51.5 Å². The lowest BCUT2D eigenvalue weighted by molar-refractivity contribution is 0.391. The molecule has 0 N–H and O–H groups in total. The number of unbranched alkanes of at least 4 members (excludes halogenated alkanes) is 2. The molecule has 0 heterocycles. The molecule has 0 aliphatic carbocycles. The molecule has 14 heavy (non-hydrogen) atoms. The Kier molecular flexibility index (Phi) is 5.31. The van der Waals surface area contributed by atoms with Gasteiger partial charge in [0.15, 0.2) is 0 Å². The van der Waals surface area contributed by atoms with Crippen LogP contribution in [0, 0.1) is 6.07 Å². The summed E-state index contributed by atoms with van der Waals surface area (Å²) < 4.78 is 0. The molecular weight excluding hydrogens is 170 g/mol. The molecule has 1 heteroatoms. The maximum absolute atomic E-state index is 3.04. The van der Waals surface area contributed by atoms with Gasteiger partial charge in [-0.1, -0.05) is 30.7 Å². The molecule has 0 unspecified atom stereocenters. The van der Waals surface area contributed by atoms with Crippen molar-refractivity contribution in [1.82, 2.24) is 4.90 Å². The van der Waals surface area contributed by atoms with Crippen molar-refractivity contribution < 1.29 is 0 Å². The molecule has 1 rings (SSSR count). The quantitative estimate of drug-likeness (QED) is 0.623. The predicted octanol–water partition coefficient (Wildman–Crippen LogP) is 2.76. The highest BCUT2D eigenvalue weighted by Crippen LogP contribution is 2.05. The first kappa shape index (κ1) is 11.3. The molecule has 1 aromatic carbocycles. The minimum atomic E-state index is 1.21. The van der Waals surface area contributed by atoms with Crippen molar-refractivity contribution in [2.45, 2.75) is 25.7 Å². The average Bonchev–Trinajstić information content (AvgIpc) is 2.18. The molecule has 1 nitrogen and oxygen atoms in total. The molecule has 0 aromatic heterocycles. The molecule has 0 saturated heterocycles. The Labute approximate surface area is 87.7 Å². The Hall–Kier alpha value is -0.820. The fourth-order valence-electron chi connectivity index (χ4n) is 1.52. The van der Waals surface area contributed by atoms with Crippen LogP contribution >= 0.6 is 0 Å². The van der Waals surface area contributed by atoms with Gasteiger partial charge in [-0.3, -0.25) is 0 Å². The molecule has 0 fully saturated rings. The second-order valence-electron chi connectivity index (χ2n) is 4.02. The van der Waals surface area contributed by atoms with Crippen LogP contribution in [0.1, 0.15) is 24.8 Å². The van der Waals surface area contributed by atoms with Gasteiger partial charge in [-0.25, -0.2) is 0 Å². The number of rotatable bonds is 6. The van der Waals surface area contributed by atoms with Crippen molar-refractivity contribution in [3.8, 4) is 0 Å². The Morgan fingerprint density at radius 1 is 1.07 bits per heavy atom. The van der Waals surface area contributed by atoms with E-state index in [1.54, 1.807) is 0 Å². The highest BCUT2D eigenvalue weighted by Gasteiger charge is 1.93. The Bertz CT molecular complexity index is 228. The number of aryl methyl sites for hydroxylation is 1. The van der Waals surface area contributed by atoms with E-state index in [1.165, 1.54) is 37.8 Å². The second kappa shape index (κ2) is 6.61. The van der Waals surface area contributed by atoms with Gasteiger partial charge < -0.3 is 4.90 Å². The van der Waals surface area contributed by atoms with E-state index in [0.29, 0.717) is 0 Å². The van der Waals surface area contributed by atoms with Crippen LogP contribution in [-0.4, -0.2) is 25.5 Å². The monoisotopic (exact) mass is 190 g/mol. The molecule has 0 atom stereocenters. The summed E-state index contributed by atoms with van der Waals surface area (Å²) in [5.41, 5.74) is 1.44. The summed E-state index contributed by atoms with van der Waals surface area (Å²) in [4.78, 5) is 2.25. The Morgan fingerprint density at radius 2 is 1.79 bits per heavy atom. The minimum absolute atomic E-state index is 1.21. The molecule has 0 amide bonds. The van der Waals surface area contributed by atoms with E-state index in [-0.39, 0.29) is 0 Å². The van der Waals surface area contributed by atoms with E-state index in [0.717, 1.165) is 0 Å². The van der Waals surface area contributed by atoms with Crippen LogP contribution in [0.15, 0.2) is 24.3 Å². The van der Waals surface area contributed by atoms with Crippen molar-refractivity contribution in [3.05, 3.63) is 35.9 Å². The standard InChI is InChI=1S/C13H20N/c1-14(2)12-8-4-7-11-13-9-5-3-6-10-13/h5-6,9-10H,4,7-8,11-12H2,1-2H3. The van der Waals surface area contributed by atoms with E-state index in [4.69, 9.17) is 0 Å². The normalized spacial score (nSPS) is 10.8. The van der Waals surface area contributed by atoms with E-state index in [2.05, 4.69) is 37.2 Å². The zero-order valence-electron chi connectivity index (χ0n) is 9.29. The summed E-state index contributed by atoms with van der Waals surface area (Å²) >= 11 is 0. The maximum atomic E-state index is 3.04. The first-order valence-corrected chi connectivity index (χ1v) is 5.39. The fourth-order valence-corrected chi connectivity index (χ4v) is 1.52. The third kappa shape index (κ3) is 5.03. The lowest BCUT2D eigenvalue weighted by atomic mass is 10.1. The van der Waals surface area contributed by atoms with Crippen LogP contribution in [0.5, 0.6) is 0 Å². The van der Waals surface area contributed by atoms with Crippen molar-refractivity contribution in [1.29, 1.82) is 0 Å². The molecule has 1 radical (unpaired) electrons. The third-order valence-corrected chi connectivity index (χ3v) is 2.36. The van der Waals surface area contributed by atoms with Gasteiger partial charge in [0.25, 0.3) is 0 Å². The van der Waals surface area contributed by atoms with Crippen molar-refractivity contribution in [2.24, 2.45) is 0 Å². The zero-order chi connectivity index (χ0) is 10.2. The fraction of sp³-hybridized carbons (Fsp3) is 0.538. The summed E-state index contributed by atoms with van der Waals surface area (Å²) in [5.74, 6) is 0. The van der Waals surface area contributed by atoms with Crippen molar-refractivity contribution >= 4 is 0 Å². The molecule has 0 spiro atoms. The molecule has 0 aliphatic heterocycles. The summed E-state index contributed by atoms with van der Waals surface area (Å²) in [6.07, 6.45) is 5.16. The summed E-state index contributed by atoms with van der Waals surface area (Å²) in [5, 5.41) is 0. The summed E-state index contributed by atoms with van der Waals surface area (Å²) in [6, 6.07) is 11.4. The minimum Gasteiger partial charge on any atom is -0.309 e. The average molecular weight is 190 g/mol. The molecular formula is C13H20N. The Balaban J connectivity index is 2.05. The summed E-state index contributed by atoms with van der Waals surface area (Å²) in [7, 11) is 4.26. The zero-order valence-corrected chi connectivity index (χ0v) is 9.29. The molecule has 0 aliphatic rings. The first-order valence-electron chi connectivity index (χ1n) is 5.39. The van der Waals surface area contributed by atoms with Crippen molar-refractivity contribution in [2.75, 3.05) is 20.6 Å². The maximum Gasteiger partial charge on any atom is -0.00248 e. The number of hydrogen-bond acceptors (Lipinski definition) is 1. The molecule has 0 saturated carbocycles. The second-order valence-corrected chi connectivity index (χ2v) is 4.02. The molecule has 77 valence electrons. The van der Waals surface area contributed by atoms with Gasteiger partial charge in [-0.15, -0.1) is 0 Å². The van der Waals surface area contributed by atoms with E-state index in [9.17, 15) is 0 Å². The SMILES string of the molecule is CN(C)CCCCCc1cc[c]cc1. The van der Waals surface area contributed by atoms with Crippen LogP contribution in [0.3, 0.4) is 0 Å². The van der Waals surface area contributed by atoms with Crippen LogP contribution in [0.25, 0.3) is 0 Å². The van der Waals surface area contributed by atoms with Gasteiger partial charge in [0.2, 0.25) is 0 Å². The number of hydrogen-bond donors (Lipinski definition) is 0. The van der Waals surface area contributed by atoms with E-state index in [1.807, 2.05) is 12.1 Å². The van der Waals surface area contributed by atoms with Gasteiger partial charge in [-0.2, -0.15) is 0 Å².